The van der Waals surface area contributed by atoms with Gasteiger partial charge in [0.15, 0.2) is 0 Å². The van der Waals surface area contributed by atoms with Crippen LogP contribution >= 0.6 is 0 Å². The maximum absolute atomic E-state index is 4.68. The second-order valence-electron chi connectivity index (χ2n) is 6.66. The zero-order valence-corrected chi connectivity index (χ0v) is 13.4. The third kappa shape index (κ3) is 2.96. The van der Waals surface area contributed by atoms with Gasteiger partial charge in [-0.3, -0.25) is 4.98 Å². The van der Waals surface area contributed by atoms with Gasteiger partial charge in [0.2, 0.25) is 0 Å². The zero-order valence-electron chi connectivity index (χ0n) is 13.4. The molecule has 1 heterocycles. The van der Waals surface area contributed by atoms with Crippen molar-refractivity contribution in [2.24, 2.45) is 11.8 Å². The lowest BCUT2D eigenvalue weighted by Gasteiger charge is -2.33. The zero-order chi connectivity index (χ0) is 14.8. The van der Waals surface area contributed by atoms with E-state index in [0.29, 0.717) is 6.04 Å². The molecule has 0 amide bonds. The Labute approximate surface area is 128 Å². The number of nitrogens with one attached hydrogen (secondary N) is 1. The highest BCUT2D eigenvalue weighted by Gasteiger charge is 2.27. The molecule has 1 aromatic carbocycles. The Morgan fingerprint density at radius 1 is 1.14 bits per heavy atom. The van der Waals surface area contributed by atoms with Gasteiger partial charge in [-0.2, -0.15) is 0 Å². The van der Waals surface area contributed by atoms with E-state index in [4.69, 9.17) is 0 Å². The average Bonchev–Trinajstić information content (AvgIpc) is 2.49. The average molecular weight is 282 g/mol. The summed E-state index contributed by atoms with van der Waals surface area (Å²) >= 11 is 0. The highest BCUT2D eigenvalue weighted by atomic mass is 14.9. The SMILES string of the molecule is CNC(c1cc(C)nc2ccccc12)C1CCC(C)CC1. The normalized spacial score (nSPS) is 24.1. The van der Waals surface area contributed by atoms with Gasteiger partial charge >= 0.3 is 0 Å². The lowest BCUT2D eigenvalue weighted by Crippen LogP contribution is -2.28. The van der Waals surface area contributed by atoms with Crippen LogP contribution in [0.3, 0.4) is 0 Å². The van der Waals surface area contributed by atoms with Crippen molar-refractivity contribution in [3.8, 4) is 0 Å². The summed E-state index contributed by atoms with van der Waals surface area (Å²) in [5, 5.41) is 4.90. The number of aryl methyl sites for hydroxylation is 1. The molecule has 1 aromatic heterocycles. The van der Waals surface area contributed by atoms with Crippen LogP contribution in [0.4, 0.5) is 0 Å². The minimum Gasteiger partial charge on any atom is -0.313 e. The van der Waals surface area contributed by atoms with E-state index in [-0.39, 0.29) is 0 Å². The first kappa shape index (κ1) is 14.5. The highest BCUT2D eigenvalue weighted by Crippen LogP contribution is 2.38. The van der Waals surface area contributed by atoms with Gasteiger partial charge < -0.3 is 5.32 Å². The third-order valence-electron chi connectivity index (χ3n) is 5.05. The molecule has 1 N–H and O–H groups in total. The van der Waals surface area contributed by atoms with E-state index in [1.807, 2.05) is 0 Å². The molecule has 0 bridgehead atoms. The van der Waals surface area contributed by atoms with Crippen LogP contribution in [0.2, 0.25) is 0 Å². The molecule has 21 heavy (non-hydrogen) atoms. The summed E-state index contributed by atoms with van der Waals surface area (Å²) in [6.07, 6.45) is 5.40. The Hall–Kier alpha value is -1.41. The molecule has 2 nitrogen and oxygen atoms in total. The van der Waals surface area contributed by atoms with Crippen molar-refractivity contribution in [2.75, 3.05) is 7.05 Å². The van der Waals surface area contributed by atoms with Crippen LogP contribution in [-0.4, -0.2) is 12.0 Å². The number of hydrogen-bond donors (Lipinski definition) is 1. The molecule has 1 saturated carbocycles. The van der Waals surface area contributed by atoms with Crippen molar-refractivity contribution in [1.82, 2.24) is 10.3 Å². The number of fused-ring (bicyclic) bond motifs is 1. The minimum atomic E-state index is 0.448. The molecule has 0 aliphatic heterocycles. The summed E-state index contributed by atoms with van der Waals surface area (Å²) in [6, 6.07) is 11.3. The van der Waals surface area contributed by atoms with Gasteiger partial charge in [-0.05, 0) is 56.3 Å². The third-order valence-corrected chi connectivity index (χ3v) is 5.05. The quantitative estimate of drug-likeness (QED) is 0.887. The number of benzene rings is 1. The van der Waals surface area contributed by atoms with Gasteiger partial charge in [0, 0.05) is 17.1 Å². The summed E-state index contributed by atoms with van der Waals surface area (Å²) in [4.78, 5) is 4.68. The molecule has 1 fully saturated rings. The fourth-order valence-corrected chi connectivity index (χ4v) is 3.86. The maximum atomic E-state index is 4.68. The van der Waals surface area contributed by atoms with Crippen molar-refractivity contribution in [3.63, 3.8) is 0 Å². The number of para-hydroxylation sites is 1. The smallest absolute Gasteiger partial charge is 0.0708 e. The Morgan fingerprint density at radius 2 is 1.86 bits per heavy atom. The lowest BCUT2D eigenvalue weighted by atomic mass is 9.77. The molecule has 0 radical (unpaired) electrons. The predicted molar refractivity (Wildman–Crippen MR) is 89.4 cm³/mol. The summed E-state index contributed by atoms with van der Waals surface area (Å²) in [7, 11) is 2.10. The molecular formula is C19H26N2. The van der Waals surface area contributed by atoms with Crippen molar-refractivity contribution in [2.45, 2.75) is 45.6 Å². The first-order valence-corrected chi connectivity index (χ1v) is 8.22. The van der Waals surface area contributed by atoms with Crippen LogP contribution in [0.5, 0.6) is 0 Å². The van der Waals surface area contributed by atoms with E-state index in [9.17, 15) is 0 Å². The molecule has 2 aromatic rings. The molecule has 1 unspecified atom stereocenters. The van der Waals surface area contributed by atoms with E-state index >= 15 is 0 Å². The maximum Gasteiger partial charge on any atom is 0.0708 e. The lowest BCUT2D eigenvalue weighted by molar-refractivity contribution is 0.238. The fourth-order valence-electron chi connectivity index (χ4n) is 3.86. The van der Waals surface area contributed by atoms with Gasteiger partial charge in [-0.1, -0.05) is 38.0 Å². The summed E-state index contributed by atoms with van der Waals surface area (Å²) < 4.78 is 0. The molecule has 1 atom stereocenters. The van der Waals surface area contributed by atoms with Crippen molar-refractivity contribution in [1.29, 1.82) is 0 Å². The number of aromatic nitrogens is 1. The number of hydrogen-bond acceptors (Lipinski definition) is 2. The molecule has 3 rings (SSSR count). The van der Waals surface area contributed by atoms with Crippen molar-refractivity contribution in [3.05, 3.63) is 41.6 Å². The minimum absolute atomic E-state index is 0.448. The second-order valence-corrected chi connectivity index (χ2v) is 6.66. The van der Waals surface area contributed by atoms with E-state index in [1.165, 1.54) is 36.6 Å². The Morgan fingerprint density at radius 3 is 2.57 bits per heavy atom. The van der Waals surface area contributed by atoms with Crippen LogP contribution in [-0.2, 0) is 0 Å². The number of nitrogens with zero attached hydrogens (tertiary/aromatic N) is 1. The first-order chi connectivity index (χ1) is 10.2. The van der Waals surface area contributed by atoms with Crippen molar-refractivity contribution < 1.29 is 0 Å². The van der Waals surface area contributed by atoms with Crippen LogP contribution < -0.4 is 5.32 Å². The Bertz CT molecular complexity index is 612. The molecule has 0 saturated heterocycles. The fraction of sp³-hybridized carbons (Fsp3) is 0.526. The predicted octanol–water partition coefficient (Wildman–Crippen LogP) is 4.63. The molecule has 1 aliphatic rings. The summed E-state index contributed by atoms with van der Waals surface area (Å²) in [5.74, 6) is 1.64. The second kappa shape index (κ2) is 6.15. The summed E-state index contributed by atoms with van der Waals surface area (Å²) in [5.41, 5.74) is 3.67. The Kier molecular flexibility index (Phi) is 4.25. The molecule has 0 spiro atoms. The molecule has 2 heteroatoms. The molecular weight excluding hydrogens is 256 g/mol. The van der Waals surface area contributed by atoms with Crippen LogP contribution in [0.1, 0.15) is 49.9 Å². The van der Waals surface area contributed by atoms with Gasteiger partial charge in [-0.15, -0.1) is 0 Å². The van der Waals surface area contributed by atoms with Crippen molar-refractivity contribution >= 4 is 10.9 Å². The first-order valence-electron chi connectivity index (χ1n) is 8.22. The monoisotopic (exact) mass is 282 g/mol. The van der Waals surface area contributed by atoms with Crippen LogP contribution in [0.25, 0.3) is 10.9 Å². The van der Waals surface area contributed by atoms with Gasteiger partial charge in [-0.25, -0.2) is 0 Å². The van der Waals surface area contributed by atoms with E-state index in [2.05, 4.69) is 61.5 Å². The van der Waals surface area contributed by atoms with E-state index in [1.54, 1.807) is 0 Å². The molecule has 112 valence electrons. The van der Waals surface area contributed by atoms with Gasteiger partial charge in [0.05, 0.1) is 5.52 Å². The Balaban J connectivity index is 2.00. The summed E-state index contributed by atoms with van der Waals surface area (Å²) in [6.45, 7) is 4.49. The largest absolute Gasteiger partial charge is 0.313 e. The van der Waals surface area contributed by atoms with Crippen LogP contribution in [0, 0.1) is 18.8 Å². The van der Waals surface area contributed by atoms with E-state index < -0.39 is 0 Å². The van der Waals surface area contributed by atoms with Crippen LogP contribution in [0.15, 0.2) is 30.3 Å². The van der Waals surface area contributed by atoms with Gasteiger partial charge in [0.1, 0.15) is 0 Å². The number of rotatable bonds is 3. The topological polar surface area (TPSA) is 24.9 Å². The van der Waals surface area contributed by atoms with E-state index in [0.717, 1.165) is 23.0 Å². The standard InChI is InChI=1S/C19H26N2/c1-13-8-10-15(11-9-13)19(20-3)17-12-14(2)21-18-7-5-4-6-16(17)18/h4-7,12-13,15,19-20H,8-11H2,1-3H3. The highest BCUT2D eigenvalue weighted by molar-refractivity contribution is 5.82. The number of pyridine rings is 1. The molecule has 1 aliphatic carbocycles. The van der Waals surface area contributed by atoms with Gasteiger partial charge in [0.25, 0.3) is 0 Å².